The summed E-state index contributed by atoms with van der Waals surface area (Å²) in [5, 5.41) is 0. The van der Waals surface area contributed by atoms with E-state index in [-0.39, 0.29) is 5.91 Å². The average Bonchev–Trinajstić information content (AvgIpc) is 3.24. The van der Waals surface area contributed by atoms with Crippen molar-refractivity contribution in [2.45, 2.75) is 6.42 Å². The second-order valence-corrected chi connectivity index (χ2v) is 7.26. The summed E-state index contributed by atoms with van der Waals surface area (Å²) in [6, 6.07) is 13.7. The molecule has 7 nitrogen and oxygen atoms in total. The summed E-state index contributed by atoms with van der Waals surface area (Å²) in [6.45, 7) is 4.00. The van der Waals surface area contributed by atoms with Crippen molar-refractivity contribution >= 4 is 23.4 Å². The van der Waals surface area contributed by atoms with Gasteiger partial charge < -0.3 is 14.7 Å². The maximum Gasteiger partial charge on any atom is 0.258 e. The zero-order valence-corrected chi connectivity index (χ0v) is 16.1. The molecular formula is C22H22N6O. The van der Waals surface area contributed by atoms with Gasteiger partial charge in [0.15, 0.2) is 0 Å². The summed E-state index contributed by atoms with van der Waals surface area (Å²) < 4.78 is 0. The standard InChI is InChI=1S/C22H22N6O/c29-21(28-11-7-17-4-1-2-5-19(17)28)18-6-10-23-20(16-18)26-12-14-27(15-13-26)22-24-8-3-9-25-22/h1-6,8-10,16H,7,11-15H2. The minimum absolute atomic E-state index is 0.0370. The topological polar surface area (TPSA) is 65.5 Å². The number of benzene rings is 1. The number of rotatable bonds is 3. The van der Waals surface area contributed by atoms with Crippen LogP contribution in [-0.2, 0) is 6.42 Å². The quantitative estimate of drug-likeness (QED) is 0.689. The fraction of sp³-hybridized carbons (Fsp3) is 0.273. The molecule has 1 amide bonds. The highest BCUT2D eigenvalue weighted by Crippen LogP contribution is 2.29. The number of carbonyl (C=O) groups excluding carboxylic acids is 1. The van der Waals surface area contributed by atoms with Crippen LogP contribution in [0.2, 0.25) is 0 Å². The number of aromatic nitrogens is 3. The number of pyridine rings is 1. The second kappa shape index (κ2) is 7.50. The van der Waals surface area contributed by atoms with E-state index < -0.39 is 0 Å². The van der Waals surface area contributed by atoms with Gasteiger partial charge in [0.25, 0.3) is 5.91 Å². The minimum Gasteiger partial charge on any atom is -0.353 e. The Morgan fingerprint density at radius 3 is 2.38 bits per heavy atom. The van der Waals surface area contributed by atoms with Crippen molar-refractivity contribution in [3.63, 3.8) is 0 Å². The lowest BCUT2D eigenvalue weighted by atomic mass is 10.1. The molecule has 2 aromatic heterocycles. The Kier molecular flexibility index (Phi) is 4.56. The van der Waals surface area contributed by atoms with Gasteiger partial charge in [-0.15, -0.1) is 0 Å². The van der Waals surface area contributed by atoms with Crippen LogP contribution in [0.1, 0.15) is 15.9 Å². The van der Waals surface area contributed by atoms with Crippen LogP contribution >= 0.6 is 0 Å². The molecule has 1 aromatic carbocycles. The number of nitrogens with zero attached hydrogens (tertiary/aromatic N) is 6. The van der Waals surface area contributed by atoms with Crippen molar-refractivity contribution in [1.82, 2.24) is 15.0 Å². The number of para-hydroxylation sites is 1. The molecule has 0 radical (unpaired) electrons. The molecule has 0 unspecified atom stereocenters. The van der Waals surface area contributed by atoms with Crippen LogP contribution in [0, 0.1) is 0 Å². The highest BCUT2D eigenvalue weighted by Gasteiger charge is 2.26. The van der Waals surface area contributed by atoms with E-state index in [9.17, 15) is 4.79 Å². The average molecular weight is 386 g/mol. The first-order valence-corrected chi connectivity index (χ1v) is 9.92. The monoisotopic (exact) mass is 386 g/mol. The fourth-order valence-corrected chi connectivity index (χ4v) is 4.02. The van der Waals surface area contributed by atoms with Crippen LogP contribution in [0.3, 0.4) is 0 Å². The number of hydrogen-bond donors (Lipinski definition) is 0. The van der Waals surface area contributed by atoms with Crippen LogP contribution in [0.5, 0.6) is 0 Å². The molecule has 4 heterocycles. The van der Waals surface area contributed by atoms with Crippen molar-refractivity contribution in [1.29, 1.82) is 0 Å². The normalized spacial score (nSPS) is 16.1. The molecule has 3 aromatic rings. The van der Waals surface area contributed by atoms with E-state index in [4.69, 9.17) is 0 Å². The zero-order chi connectivity index (χ0) is 19.6. The van der Waals surface area contributed by atoms with Crippen LogP contribution < -0.4 is 14.7 Å². The summed E-state index contributed by atoms with van der Waals surface area (Å²) in [5.74, 6) is 1.64. The van der Waals surface area contributed by atoms with Gasteiger partial charge in [-0.05, 0) is 36.2 Å². The Labute approximate surface area is 169 Å². The van der Waals surface area contributed by atoms with Gasteiger partial charge >= 0.3 is 0 Å². The molecule has 1 saturated heterocycles. The third-order valence-corrected chi connectivity index (χ3v) is 5.56. The van der Waals surface area contributed by atoms with E-state index >= 15 is 0 Å². The predicted octanol–water partition coefficient (Wildman–Crippen LogP) is 2.40. The van der Waals surface area contributed by atoms with Crippen molar-refractivity contribution < 1.29 is 4.79 Å². The number of fused-ring (bicyclic) bond motifs is 1. The van der Waals surface area contributed by atoms with Crippen molar-refractivity contribution in [3.8, 4) is 0 Å². The highest BCUT2D eigenvalue weighted by molar-refractivity contribution is 6.07. The van der Waals surface area contributed by atoms with Crippen LogP contribution in [0.4, 0.5) is 17.5 Å². The van der Waals surface area contributed by atoms with Gasteiger partial charge in [0.1, 0.15) is 5.82 Å². The van der Waals surface area contributed by atoms with Gasteiger partial charge in [0.2, 0.25) is 5.95 Å². The molecule has 0 aliphatic carbocycles. The van der Waals surface area contributed by atoms with Gasteiger partial charge in [0.05, 0.1) is 0 Å². The van der Waals surface area contributed by atoms with E-state index in [2.05, 4.69) is 30.8 Å². The molecule has 1 fully saturated rings. The number of carbonyl (C=O) groups is 1. The molecule has 0 atom stereocenters. The van der Waals surface area contributed by atoms with Crippen LogP contribution in [0.15, 0.2) is 61.1 Å². The van der Waals surface area contributed by atoms with Crippen molar-refractivity contribution in [2.75, 3.05) is 47.4 Å². The molecule has 2 aliphatic rings. The first kappa shape index (κ1) is 17.6. The Hall–Kier alpha value is -3.48. The Morgan fingerprint density at radius 2 is 1.55 bits per heavy atom. The molecule has 29 heavy (non-hydrogen) atoms. The van der Waals surface area contributed by atoms with Crippen LogP contribution in [0.25, 0.3) is 0 Å². The van der Waals surface area contributed by atoms with Crippen molar-refractivity contribution in [3.05, 3.63) is 72.2 Å². The third-order valence-electron chi connectivity index (χ3n) is 5.56. The molecular weight excluding hydrogens is 364 g/mol. The predicted molar refractivity (Wildman–Crippen MR) is 113 cm³/mol. The summed E-state index contributed by atoms with van der Waals surface area (Å²) in [6.07, 6.45) is 6.17. The number of piperazine rings is 1. The van der Waals surface area contributed by atoms with E-state index in [0.29, 0.717) is 5.56 Å². The zero-order valence-electron chi connectivity index (χ0n) is 16.1. The van der Waals surface area contributed by atoms with Gasteiger partial charge in [-0.25, -0.2) is 15.0 Å². The van der Waals surface area contributed by atoms with Gasteiger partial charge in [-0.1, -0.05) is 18.2 Å². The van der Waals surface area contributed by atoms with E-state index in [1.54, 1.807) is 24.7 Å². The maximum absolute atomic E-state index is 13.1. The molecule has 0 spiro atoms. The van der Waals surface area contributed by atoms with Gasteiger partial charge in [0, 0.05) is 62.6 Å². The number of amides is 1. The Morgan fingerprint density at radius 1 is 0.793 bits per heavy atom. The van der Waals surface area contributed by atoms with Gasteiger partial charge in [-0.3, -0.25) is 4.79 Å². The van der Waals surface area contributed by atoms with Crippen molar-refractivity contribution in [2.24, 2.45) is 0 Å². The lowest BCUT2D eigenvalue weighted by molar-refractivity contribution is 0.0989. The molecule has 0 N–H and O–H groups in total. The lowest BCUT2D eigenvalue weighted by Crippen LogP contribution is -2.47. The molecule has 0 bridgehead atoms. The number of anilines is 3. The van der Waals surface area contributed by atoms with Crippen LogP contribution in [-0.4, -0.2) is 53.6 Å². The summed E-state index contributed by atoms with van der Waals surface area (Å²) in [5.41, 5.74) is 2.93. The largest absolute Gasteiger partial charge is 0.353 e. The molecule has 2 aliphatic heterocycles. The lowest BCUT2D eigenvalue weighted by Gasteiger charge is -2.35. The number of hydrogen-bond acceptors (Lipinski definition) is 6. The SMILES string of the molecule is O=C(c1ccnc(N2CCN(c3ncccn3)CC2)c1)N1CCc2ccccc21. The summed E-state index contributed by atoms with van der Waals surface area (Å²) in [4.78, 5) is 32.6. The first-order valence-electron chi connectivity index (χ1n) is 9.92. The smallest absolute Gasteiger partial charge is 0.258 e. The minimum atomic E-state index is 0.0370. The summed E-state index contributed by atoms with van der Waals surface area (Å²) >= 11 is 0. The van der Waals surface area contributed by atoms with Gasteiger partial charge in [-0.2, -0.15) is 0 Å². The first-order chi connectivity index (χ1) is 14.3. The molecule has 7 heteroatoms. The summed E-state index contributed by atoms with van der Waals surface area (Å²) in [7, 11) is 0. The van der Waals surface area contributed by atoms with E-state index in [0.717, 1.165) is 56.6 Å². The molecule has 146 valence electrons. The van der Waals surface area contributed by atoms with E-state index in [1.807, 2.05) is 35.2 Å². The Balaban J connectivity index is 1.30. The fourth-order valence-electron chi connectivity index (χ4n) is 4.02. The third kappa shape index (κ3) is 3.40. The second-order valence-electron chi connectivity index (χ2n) is 7.26. The molecule has 0 saturated carbocycles. The maximum atomic E-state index is 13.1. The molecule has 5 rings (SSSR count). The highest BCUT2D eigenvalue weighted by atomic mass is 16.2. The Bertz CT molecular complexity index is 1020. The van der Waals surface area contributed by atoms with E-state index in [1.165, 1.54) is 5.56 Å².